The van der Waals surface area contributed by atoms with Crippen molar-refractivity contribution < 1.29 is 19.1 Å². The highest BCUT2D eigenvalue weighted by Crippen LogP contribution is 2.17. The number of aromatic amines is 1. The highest BCUT2D eigenvalue weighted by atomic mass is 16.5. The van der Waals surface area contributed by atoms with E-state index in [9.17, 15) is 14.4 Å². The Morgan fingerprint density at radius 3 is 2.74 bits per heavy atom. The van der Waals surface area contributed by atoms with Gasteiger partial charge in [0.25, 0.3) is 5.91 Å². The van der Waals surface area contributed by atoms with Crippen LogP contribution in [0, 0.1) is 0 Å². The highest BCUT2D eigenvalue weighted by Gasteiger charge is 2.16. The van der Waals surface area contributed by atoms with E-state index in [0.29, 0.717) is 18.5 Å². The van der Waals surface area contributed by atoms with Gasteiger partial charge in [0.05, 0.1) is 0 Å². The molecule has 0 spiro atoms. The summed E-state index contributed by atoms with van der Waals surface area (Å²) in [5, 5.41) is 3.87. The van der Waals surface area contributed by atoms with Crippen molar-refractivity contribution in [2.24, 2.45) is 7.05 Å². The van der Waals surface area contributed by atoms with Crippen LogP contribution in [-0.2, 0) is 23.0 Å². The summed E-state index contributed by atoms with van der Waals surface area (Å²) in [4.78, 5) is 38.5. The van der Waals surface area contributed by atoms with E-state index in [1.807, 2.05) is 30.5 Å². The van der Waals surface area contributed by atoms with E-state index in [2.05, 4.69) is 10.3 Å². The summed E-state index contributed by atoms with van der Waals surface area (Å²) < 4.78 is 6.54. The monoisotopic (exact) mass is 367 g/mol. The van der Waals surface area contributed by atoms with Gasteiger partial charge in [-0.05, 0) is 31.0 Å². The SMILES string of the molecule is CC(=O)c1cc(C(=O)OCC(=O)NCCc2c[nH]c3ccccc23)n(C)c1. The van der Waals surface area contributed by atoms with Crippen molar-refractivity contribution in [3.05, 3.63) is 59.5 Å². The highest BCUT2D eigenvalue weighted by molar-refractivity contribution is 5.98. The number of H-pyrrole nitrogens is 1. The van der Waals surface area contributed by atoms with Gasteiger partial charge in [0, 0.05) is 42.5 Å². The Hall–Kier alpha value is -3.35. The van der Waals surface area contributed by atoms with E-state index in [-0.39, 0.29) is 24.0 Å². The number of carbonyl (C=O) groups excluding carboxylic acids is 3. The Morgan fingerprint density at radius 2 is 2.00 bits per heavy atom. The summed E-state index contributed by atoms with van der Waals surface area (Å²) in [5.41, 5.74) is 2.82. The molecule has 2 aromatic heterocycles. The third-order valence-corrected chi connectivity index (χ3v) is 4.35. The molecule has 1 amide bonds. The molecule has 0 fully saturated rings. The first-order chi connectivity index (χ1) is 13.0. The summed E-state index contributed by atoms with van der Waals surface area (Å²) in [6.07, 6.45) is 4.16. The number of nitrogens with zero attached hydrogens (tertiary/aromatic N) is 1. The normalized spacial score (nSPS) is 10.7. The van der Waals surface area contributed by atoms with Crippen LogP contribution in [0.4, 0.5) is 0 Å². The van der Waals surface area contributed by atoms with Crippen LogP contribution in [-0.4, -0.2) is 40.4 Å². The number of rotatable bonds is 7. The number of fused-ring (bicyclic) bond motifs is 1. The molecule has 140 valence electrons. The second-order valence-corrected chi connectivity index (χ2v) is 6.32. The summed E-state index contributed by atoms with van der Waals surface area (Å²) in [5.74, 6) is -1.15. The molecule has 0 aliphatic carbocycles. The molecule has 1 aromatic carbocycles. The summed E-state index contributed by atoms with van der Waals surface area (Å²) in [7, 11) is 1.64. The Balaban J connectivity index is 1.47. The second-order valence-electron chi connectivity index (χ2n) is 6.32. The van der Waals surface area contributed by atoms with E-state index in [1.165, 1.54) is 17.6 Å². The predicted octanol–water partition coefficient (Wildman–Crippen LogP) is 2.22. The van der Waals surface area contributed by atoms with E-state index in [4.69, 9.17) is 4.74 Å². The van der Waals surface area contributed by atoms with Gasteiger partial charge in [-0.3, -0.25) is 9.59 Å². The Kier molecular flexibility index (Phi) is 5.40. The number of benzene rings is 1. The smallest absolute Gasteiger partial charge is 0.355 e. The number of aromatic nitrogens is 2. The van der Waals surface area contributed by atoms with Crippen molar-refractivity contribution in [1.82, 2.24) is 14.9 Å². The van der Waals surface area contributed by atoms with Crippen LogP contribution in [0.1, 0.15) is 33.3 Å². The maximum Gasteiger partial charge on any atom is 0.355 e. The molecule has 7 heteroatoms. The van der Waals surface area contributed by atoms with E-state index in [0.717, 1.165) is 16.5 Å². The number of amides is 1. The third-order valence-electron chi connectivity index (χ3n) is 4.35. The minimum atomic E-state index is -0.642. The van der Waals surface area contributed by atoms with Crippen molar-refractivity contribution in [1.29, 1.82) is 0 Å². The van der Waals surface area contributed by atoms with Crippen LogP contribution in [0.2, 0.25) is 0 Å². The number of carbonyl (C=O) groups is 3. The van der Waals surface area contributed by atoms with Crippen molar-refractivity contribution in [2.75, 3.05) is 13.2 Å². The molecule has 0 unspecified atom stereocenters. The van der Waals surface area contributed by atoms with Crippen LogP contribution < -0.4 is 5.32 Å². The first kappa shape index (κ1) is 18.4. The van der Waals surface area contributed by atoms with Gasteiger partial charge < -0.3 is 19.6 Å². The number of nitrogens with one attached hydrogen (secondary N) is 2. The molecule has 3 aromatic rings. The fourth-order valence-corrected chi connectivity index (χ4v) is 2.89. The number of hydrogen-bond donors (Lipinski definition) is 2. The van der Waals surface area contributed by atoms with Crippen LogP contribution in [0.15, 0.2) is 42.7 Å². The Labute approximate surface area is 156 Å². The van der Waals surface area contributed by atoms with Crippen LogP contribution in [0.5, 0.6) is 0 Å². The lowest BCUT2D eigenvalue weighted by atomic mass is 10.1. The van der Waals surface area contributed by atoms with Gasteiger partial charge in [-0.15, -0.1) is 0 Å². The Bertz CT molecular complexity index is 1000. The molecule has 27 heavy (non-hydrogen) atoms. The molecular formula is C20H21N3O4. The number of ether oxygens (including phenoxy) is 1. The number of hydrogen-bond acceptors (Lipinski definition) is 4. The van der Waals surface area contributed by atoms with Crippen LogP contribution in [0.3, 0.4) is 0 Å². The number of ketones is 1. The summed E-state index contributed by atoms with van der Waals surface area (Å²) in [6, 6.07) is 9.42. The maximum absolute atomic E-state index is 12.1. The van der Waals surface area contributed by atoms with E-state index < -0.39 is 5.97 Å². The second kappa shape index (κ2) is 7.90. The van der Waals surface area contributed by atoms with Gasteiger partial charge >= 0.3 is 5.97 Å². The van der Waals surface area contributed by atoms with Crippen molar-refractivity contribution in [2.45, 2.75) is 13.3 Å². The van der Waals surface area contributed by atoms with Crippen LogP contribution >= 0.6 is 0 Å². The number of aryl methyl sites for hydroxylation is 1. The average molecular weight is 367 g/mol. The topological polar surface area (TPSA) is 93.2 Å². The third kappa shape index (κ3) is 4.25. The Morgan fingerprint density at radius 1 is 1.22 bits per heavy atom. The lowest BCUT2D eigenvalue weighted by Gasteiger charge is -2.07. The van der Waals surface area contributed by atoms with E-state index >= 15 is 0 Å². The lowest BCUT2D eigenvalue weighted by Crippen LogP contribution is -2.30. The molecule has 7 nitrogen and oxygen atoms in total. The number of Topliss-reactive ketones (excluding diaryl/α,β-unsaturated/α-hetero) is 1. The molecule has 2 heterocycles. The lowest BCUT2D eigenvalue weighted by molar-refractivity contribution is -0.124. The minimum Gasteiger partial charge on any atom is -0.451 e. The average Bonchev–Trinajstić information content (AvgIpc) is 3.24. The molecule has 3 rings (SSSR count). The zero-order valence-electron chi connectivity index (χ0n) is 15.2. The summed E-state index contributed by atoms with van der Waals surface area (Å²) >= 11 is 0. The first-order valence-electron chi connectivity index (χ1n) is 8.62. The fraction of sp³-hybridized carbons (Fsp3) is 0.250. The van der Waals surface area contributed by atoms with Crippen LogP contribution in [0.25, 0.3) is 10.9 Å². The predicted molar refractivity (Wildman–Crippen MR) is 101 cm³/mol. The molecule has 0 bridgehead atoms. The van der Waals surface area contributed by atoms with Gasteiger partial charge in [-0.25, -0.2) is 4.79 Å². The van der Waals surface area contributed by atoms with Gasteiger partial charge in [0.1, 0.15) is 5.69 Å². The number of para-hydroxylation sites is 1. The number of esters is 1. The first-order valence-corrected chi connectivity index (χ1v) is 8.62. The summed E-state index contributed by atoms with van der Waals surface area (Å²) in [6.45, 7) is 1.50. The minimum absolute atomic E-state index is 0.139. The largest absolute Gasteiger partial charge is 0.451 e. The van der Waals surface area contributed by atoms with Gasteiger partial charge in [-0.1, -0.05) is 18.2 Å². The van der Waals surface area contributed by atoms with Crippen molar-refractivity contribution in [3.63, 3.8) is 0 Å². The standard InChI is InChI=1S/C20H21N3O4/c1-13(24)15-9-18(23(2)11-15)20(26)27-12-19(25)21-8-7-14-10-22-17-6-4-3-5-16(14)17/h3-6,9-11,22H,7-8,12H2,1-2H3,(H,21,25). The molecule has 0 saturated carbocycles. The quantitative estimate of drug-likeness (QED) is 0.495. The van der Waals surface area contributed by atoms with Gasteiger partial charge in [0.2, 0.25) is 0 Å². The molecular weight excluding hydrogens is 346 g/mol. The molecule has 0 radical (unpaired) electrons. The molecule has 0 aliphatic heterocycles. The van der Waals surface area contributed by atoms with Gasteiger partial charge in [-0.2, -0.15) is 0 Å². The zero-order valence-corrected chi connectivity index (χ0v) is 15.2. The molecule has 0 atom stereocenters. The van der Waals surface area contributed by atoms with Gasteiger partial charge in [0.15, 0.2) is 12.4 Å². The van der Waals surface area contributed by atoms with Crippen molar-refractivity contribution in [3.8, 4) is 0 Å². The molecule has 2 N–H and O–H groups in total. The zero-order chi connectivity index (χ0) is 19.4. The fourth-order valence-electron chi connectivity index (χ4n) is 2.89. The maximum atomic E-state index is 12.1. The van der Waals surface area contributed by atoms with E-state index in [1.54, 1.807) is 13.2 Å². The molecule has 0 aliphatic rings. The van der Waals surface area contributed by atoms with Crippen molar-refractivity contribution >= 4 is 28.6 Å². The molecule has 0 saturated heterocycles.